The Bertz CT molecular complexity index is 593. The average Bonchev–Trinajstić information content (AvgIpc) is 2.32. The number of aryl methyl sites for hydroxylation is 2. The van der Waals surface area contributed by atoms with E-state index in [-0.39, 0.29) is 5.91 Å². The number of amides is 1. The summed E-state index contributed by atoms with van der Waals surface area (Å²) in [5.41, 5.74) is 3.63. The zero-order chi connectivity index (χ0) is 13.1. The number of anilines is 1. The fourth-order valence-electron chi connectivity index (χ4n) is 1.65. The molecule has 0 atom stereocenters. The summed E-state index contributed by atoms with van der Waals surface area (Å²) in [7, 11) is 0. The monoisotopic (exact) mass is 259 g/mol. The van der Waals surface area contributed by atoms with Crippen molar-refractivity contribution in [3.05, 3.63) is 64.2 Å². The van der Waals surface area contributed by atoms with Crippen LogP contribution in [0, 0.1) is 13.8 Å². The van der Waals surface area contributed by atoms with Crippen molar-refractivity contribution < 1.29 is 4.79 Å². The molecule has 2 rings (SSSR count). The molecule has 0 radical (unpaired) electrons. The Morgan fingerprint density at radius 1 is 1.06 bits per heavy atom. The molecule has 1 N–H and O–H groups in total. The summed E-state index contributed by atoms with van der Waals surface area (Å²) in [5.74, 6) is -0.125. The van der Waals surface area contributed by atoms with Gasteiger partial charge in [0.1, 0.15) is 0 Å². The van der Waals surface area contributed by atoms with E-state index < -0.39 is 0 Å². The molecule has 0 spiro atoms. The largest absolute Gasteiger partial charge is 0.322 e. The lowest BCUT2D eigenvalue weighted by molar-refractivity contribution is 0.102. The summed E-state index contributed by atoms with van der Waals surface area (Å²) in [6.07, 6.45) is 0. The molecular formula is C15H14ClNO. The molecule has 2 aromatic rings. The summed E-state index contributed by atoms with van der Waals surface area (Å²) in [5, 5.41) is 3.43. The highest BCUT2D eigenvalue weighted by Gasteiger charge is 2.07. The Morgan fingerprint density at radius 3 is 2.50 bits per heavy atom. The van der Waals surface area contributed by atoms with E-state index in [1.165, 1.54) is 5.56 Å². The van der Waals surface area contributed by atoms with Crippen LogP contribution in [0.1, 0.15) is 21.5 Å². The fraction of sp³-hybridized carbons (Fsp3) is 0.133. The summed E-state index contributed by atoms with van der Waals surface area (Å²) in [6.45, 7) is 4.01. The van der Waals surface area contributed by atoms with Crippen LogP contribution in [0.5, 0.6) is 0 Å². The van der Waals surface area contributed by atoms with Crippen molar-refractivity contribution in [3.8, 4) is 0 Å². The van der Waals surface area contributed by atoms with Crippen LogP contribution in [-0.4, -0.2) is 5.91 Å². The van der Waals surface area contributed by atoms with Gasteiger partial charge in [-0.05, 0) is 55.3 Å². The Morgan fingerprint density at radius 2 is 1.83 bits per heavy atom. The standard InChI is InChI=1S/C15H14ClNO/c1-10-6-7-12(8-11(10)2)15(18)17-14-5-3-4-13(16)9-14/h3-9H,1-2H3,(H,17,18). The van der Waals surface area contributed by atoms with Crippen LogP contribution >= 0.6 is 11.6 Å². The van der Waals surface area contributed by atoms with Gasteiger partial charge in [0.25, 0.3) is 5.91 Å². The Labute approximate surface area is 112 Å². The van der Waals surface area contributed by atoms with Crippen molar-refractivity contribution in [2.75, 3.05) is 5.32 Å². The quantitative estimate of drug-likeness (QED) is 0.860. The first-order valence-corrected chi connectivity index (χ1v) is 6.08. The van der Waals surface area contributed by atoms with E-state index in [9.17, 15) is 4.79 Å². The van der Waals surface area contributed by atoms with Gasteiger partial charge in [0.15, 0.2) is 0 Å². The van der Waals surface area contributed by atoms with Crippen LogP contribution < -0.4 is 5.32 Å². The maximum absolute atomic E-state index is 12.0. The molecule has 18 heavy (non-hydrogen) atoms. The lowest BCUT2D eigenvalue weighted by atomic mass is 10.1. The van der Waals surface area contributed by atoms with Gasteiger partial charge in [0, 0.05) is 16.3 Å². The number of rotatable bonds is 2. The molecule has 0 saturated heterocycles. The topological polar surface area (TPSA) is 29.1 Å². The molecule has 3 heteroatoms. The Hall–Kier alpha value is -1.80. The molecule has 2 nitrogen and oxygen atoms in total. The minimum Gasteiger partial charge on any atom is -0.322 e. The Balaban J connectivity index is 2.19. The van der Waals surface area contributed by atoms with Crippen LogP contribution in [0.15, 0.2) is 42.5 Å². The molecule has 0 aliphatic rings. The van der Waals surface area contributed by atoms with Gasteiger partial charge in [-0.25, -0.2) is 0 Å². The number of benzene rings is 2. The smallest absolute Gasteiger partial charge is 0.255 e. The van der Waals surface area contributed by atoms with E-state index >= 15 is 0 Å². The maximum atomic E-state index is 12.0. The van der Waals surface area contributed by atoms with Crippen LogP contribution in [0.4, 0.5) is 5.69 Å². The van der Waals surface area contributed by atoms with E-state index in [2.05, 4.69) is 5.32 Å². The molecule has 92 valence electrons. The Kier molecular flexibility index (Phi) is 3.68. The second-order valence-corrected chi connectivity index (χ2v) is 4.70. The first-order chi connectivity index (χ1) is 8.56. The highest BCUT2D eigenvalue weighted by atomic mass is 35.5. The molecular weight excluding hydrogens is 246 g/mol. The van der Waals surface area contributed by atoms with Crippen molar-refractivity contribution in [1.29, 1.82) is 0 Å². The summed E-state index contributed by atoms with van der Waals surface area (Å²) < 4.78 is 0. The van der Waals surface area contributed by atoms with Crippen molar-refractivity contribution in [2.24, 2.45) is 0 Å². The van der Waals surface area contributed by atoms with Gasteiger partial charge in [-0.2, -0.15) is 0 Å². The predicted molar refractivity (Wildman–Crippen MR) is 75.3 cm³/mol. The lowest BCUT2D eigenvalue weighted by Crippen LogP contribution is -2.12. The van der Waals surface area contributed by atoms with E-state index in [1.54, 1.807) is 18.2 Å². The third-order valence-electron chi connectivity index (χ3n) is 2.85. The number of carbonyl (C=O) groups is 1. The minimum absolute atomic E-state index is 0.125. The molecule has 0 saturated carbocycles. The van der Waals surface area contributed by atoms with Crippen LogP contribution in [0.3, 0.4) is 0 Å². The molecule has 0 heterocycles. The van der Waals surface area contributed by atoms with Gasteiger partial charge >= 0.3 is 0 Å². The first kappa shape index (κ1) is 12.7. The summed E-state index contributed by atoms with van der Waals surface area (Å²) >= 11 is 5.87. The number of hydrogen-bond acceptors (Lipinski definition) is 1. The van der Waals surface area contributed by atoms with Crippen molar-refractivity contribution in [3.63, 3.8) is 0 Å². The van der Waals surface area contributed by atoms with Gasteiger partial charge in [0.05, 0.1) is 0 Å². The third-order valence-corrected chi connectivity index (χ3v) is 3.09. The van der Waals surface area contributed by atoms with Gasteiger partial charge in [-0.3, -0.25) is 4.79 Å². The van der Waals surface area contributed by atoms with Crippen molar-refractivity contribution in [1.82, 2.24) is 0 Å². The SMILES string of the molecule is Cc1ccc(C(=O)Nc2cccc(Cl)c2)cc1C. The molecule has 2 aromatic carbocycles. The predicted octanol–water partition coefficient (Wildman–Crippen LogP) is 4.21. The van der Waals surface area contributed by atoms with Gasteiger partial charge in [-0.1, -0.05) is 23.7 Å². The summed E-state index contributed by atoms with van der Waals surface area (Å²) in [6, 6.07) is 12.8. The third kappa shape index (κ3) is 2.90. The number of halogens is 1. The zero-order valence-corrected chi connectivity index (χ0v) is 11.1. The normalized spacial score (nSPS) is 10.2. The lowest BCUT2D eigenvalue weighted by Gasteiger charge is -2.07. The molecule has 0 aliphatic carbocycles. The maximum Gasteiger partial charge on any atom is 0.255 e. The first-order valence-electron chi connectivity index (χ1n) is 5.70. The van der Waals surface area contributed by atoms with E-state index in [1.807, 2.05) is 38.1 Å². The second-order valence-electron chi connectivity index (χ2n) is 4.26. The van der Waals surface area contributed by atoms with Crippen LogP contribution in [0.25, 0.3) is 0 Å². The number of hydrogen-bond donors (Lipinski definition) is 1. The van der Waals surface area contributed by atoms with Crippen LogP contribution in [-0.2, 0) is 0 Å². The van der Waals surface area contributed by atoms with Crippen molar-refractivity contribution in [2.45, 2.75) is 13.8 Å². The van der Waals surface area contributed by atoms with Crippen LogP contribution in [0.2, 0.25) is 5.02 Å². The number of nitrogens with one attached hydrogen (secondary N) is 1. The molecule has 0 fully saturated rings. The molecule has 0 unspecified atom stereocenters. The molecule has 1 amide bonds. The molecule has 0 aromatic heterocycles. The minimum atomic E-state index is -0.125. The molecule has 0 bridgehead atoms. The van der Waals surface area contributed by atoms with E-state index in [0.717, 1.165) is 5.56 Å². The highest BCUT2D eigenvalue weighted by Crippen LogP contribution is 2.16. The fourth-order valence-corrected chi connectivity index (χ4v) is 1.84. The molecule has 0 aliphatic heterocycles. The highest BCUT2D eigenvalue weighted by molar-refractivity contribution is 6.30. The van der Waals surface area contributed by atoms with E-state index in [0.29, 0.717) is 16.3 Å². The van der Waals surface area contributed by atoms with Gasteiger partial charge in [-0.15, -0.1) is 0 Å². The zero-order valence-electron chi connectivity index (χ0n) is 10.3. The van der Waals surface area contributed by atoms with E-state index in [4.69, 9.17) is 11.6 Å². The number of carbonyl (C=O) groups excluding carboxylic acids is 1. The second kappa shape index (κ2) is 5.23. The van der Waals surface area contributed by atoms with Crippen molar-refractivity contribution >= 4 is 23.2 Å². The van der Waals surface area contributed by atoms with Gasteiger partial charge in [0.2, 0.25) is 0 Å². The summed E-state index contributed by atoms with van der Waals surface area (Å²) in [4.78, 5) is 12.0. The average molecular weight is 260 g/mol. The van der Waals surface area contributed by atoms with Gasteiger partial charge < -0.3 is 5.32 Å².